The summed E-state index contributed by atoms with van der Waals surface area (Å²) in [6.45, 7) is 6.36. The van der Waals surface area contributed by atoms with Gasteiger partial charge >= 0.3 is 0 Å². The maximum atomic E-state index is 9.47. The maximum Gasteiger partial charge on any atom is 0.227 e. The molecule has 13 nitrogen and oxygen atoms in total. The minimum Gasteiger partial charge on any atom is -0.487 e. The number of ether oxygens (including phenoxy) is 3. The normalized spacial score (nSPS) is 16.8. The number of hydrogen-bond donors (Lipinski definition) is 5. The van der Waals surface area contributed by atoms with Gasteiger partial charge in [-0.05, 0) is 37.5 Å². The molecule has 1 atom stereocenters. The van der Waals surface area contributed by atoms with Crippen LogP contribution in [0.5, 0.6) is 5.75 Å². The number of allylic oxidation sites excluding steroid dienone is 1. The van der Waals surface area contributed by atoms with Crippen LogP contribution < -0.4 is 26.8 Å². The molecule has 2 aromatic rings. The van der Waals surface area contributed by atoms with Crippen LogP contribution in [0.25, 0.3) is 11.1 Å². The van der Waals surface area contributed by atoms with Crippen molar-refractivity contribution < 1.29 is 19.3 Å². The Morgan fingerprint density at radius 3 is 2.59 bits per heavy atom. The van der Waals surface area contributed by atoms with Gasteiger partial charge in [0.25, 0.3) is 0 Å². The molecule has 4 rings (SSSR count). The summed E-state index contributed by atoms with van der Waals surface area (Å²) in [5, 5.41) is 24.8. The van der Waals surface area contributed by atoms with Gasteiger partial charge in [0.05, 0.1) is 50.5 Å². The van der Waals surface area contributed by atoms with Gasteiger partial charge in [-0.15, -0.1) is 0 Å². The minimum absolute atomic E-state index is 0.0133. The second-order valence-corrected chi connectivity index (χ2v) is 10.3. The van der Waals surface area contributed by atoms with E-state index in [1.807, 2.05) is 13.0 Å². The Balaban J connectivity index is 0.000000785. The molecule has 1 saturated carbocycles. The first-order valence-corrected chi connectivity index (χ1v) is 15.1. The van der Waals surface area contributed by atoms with Gasteiger partial charge < -0.3 is 41.4 Å². The molecule has 1 aliphatic heterocycles. The second-order valence-electron chi connectivity index (χ2n) is 10.3. The molecule has 1 saturated heterocycles. The zero-order valence-electron chi connectivity index (χ0n) is 25.5. The first-order valence-electron chi connectivity index (χ1n) is 15.1. The molecule has 44 heavy (non-hydrogen) atoms. The molecule has 2 heterocycles. The van der Waals surface area contributed by atoms with Crippen LogP contribution in [0.2, 0.25) is 0 Å². The zero-order valence-corrected chi connectivity index (χ0v) is 25.5. The summed E-state index contributed by atoms with van der Waals surface area (Å²) in [5.74, 6) is 0.933. The predicted molar refractivity (Wildman–Crippen MR) is 171 cm³/mol. The number of benzene rings is 1. The molecule has 1 aromatic heterocycles. The van der Waals surface area contributed by atoms with E-state index in [2.05, 4.69) is 31.7 Å². The number of anilines is 1. The monoisotopic (exact) mass is 607 g/mol. The lowest BCUT2D eigenvalue weighted by molar-refractivity contribution is 0.109. The van der Waals surface area contributed by atoms with E-state index in [-0.39, 0.29) is 31.2 Å². The Kier molecular flexibility index (Phi) is 15.4. The van der Waals surface area contributed by atoms with E-state index in [0.29, 0.717) is 35.9 Å². The summed E-state index contributed by atoms with van der Waals surface area (Å²) in [5.41, 5.74) is 13.9. The van der Waals surface area contributed by atoms with E-state index in [0.717, 1.165) is 50.3 Å². The first kappa shape index (κ1) is 34.2. The molecule has 1 aliphatic carbocycles. The first-order chi connectivity index (χ1) is 21.5. The van der Waals surface area contributed by atoms with Gasteiger partial charge in [0, 0.05) is 44.1 Å². The number of aromatic nitrogens is 2. The van der Waals surface area contributed by atoms with Crippen LogP contribution in [0.4, 0.5) is 5.95 Å². The fourth-order valence-electron chi connectivity index (χ4n) is 4.42. The highest BCUT2D eigenvalue weighted by molar-refractivity contribution is 5.83. The summed E-state index contributed by atoms with van der Waals surface area (Å²) >= 11 is 0. The number of nitriles is 1. The molecule has 0 radical (unpaired) electrons. The summed E-state index contributed by atoms with van der Waals surface area (Å²) in [6, 6.07) is 7.69. The molecule has 0 amide bonds. The molecule has 2 aliphatic rings. The number of morpholine rings is 1. The van der Waals surface area contributed by atoms with Crippen molar-refractivity contribution in [2.24, 2.45) is 21.5 Å². The van der Waals surface area contributed by atoms with E-state index in [1.165, 1.54) is 25.6 Å². The van der Waals surface area contributed by atoms with Gasteiger partial charge in [-0.25, -0.2) is 9.97 Å². The third-order valence-corrected chi connectivity index (χ3v) is 6.79. The summed E-state index contributed by atoms with van der Waals surface area (Å²) in [7, 11) is 0. The van der Waals surface area contributed by atoms with E-state index in [1.54, 1.807) is 30.7 Å². The van der Waals surface area contributed by atoms with Crippen LogP contribution in [0, 0.1) is 11.3 Å². The highest BCUT2D eigenvalue weighted by atomic mass is 16.5. The topological polar surface area (TPSA) is 198 Å². The largest absolute Gasteiger partial charge is 0.487 e. The van der Waals surface area contributed by atoms with Crippen LogP contribution >= 0.6 is 0 Å². The lowest BCUT2D eigenvalue weighted by Crippen LogP contribution is -2.30. The van der Waals surface area contributed by atoms with E-state index < -0.39 is 0 Å². The Labute approximate surface area is 259 Å². The quantitative estimate of drug-likeness (QED) is 0.0971. The lowest BCUT2D eigenvalue weighted by Gasteiger charge is -2.18. The fourth-order valence-corrected chi connectivity index (χ4v) is 4.42. The number of rotatable bonds is 13. The molecular weight excluding hydrogens is 562 g/mol. The molecule has 238 valence electrons. The van der Waals surface area contributed by atoms with Crippen LogP contribution in [0.3, 0.4) is 0 Å². The minimum atomic E-state index is -0.259. The van der Waals surface area contributed by atoms with Gasteiger partial charge in [-0.1, -0.05) is 25.3 Å². The van der Waals surface area contributed by atoms with Gasteiger partial charge in [0.2, 0.25) is 11.8 Å². The SMILES string of the molecule is C1COCCN1.C[C@@H](CN=CN)Oc1cc(-c2cnc(N/C(C=NC3CCCCC3)=C(/N)OCCCO)nc2)ccc1C#N. The summed E-state index contributed by atoms with van der Waals surface area (Å²) in [4.78, 5) is 17.6. The highest BCUT2D eigenvalue weighted by Gasteiger charge is 2.14. The molecule has 13 heteroatoms. The third kappa shape index (κ3) is 12.2. The summed E-state index contributed by atoms with van der Waals surface area (Å²) < 4.78 is 16.5. The Hall–Kier alpha value is -4.25. The van der Waals surface area contributed by atoms with Gasteiger partial charge in [-0.2, -0.15) is 5.26 Å². The average Bonchev–Trinajstić information content (AvgIpc) is 3.07. The van der Waals surface area contributed by atoms with Crippen molar-refractivity contribution in [2.45, 2.75) is 57.6 Å². The van der Waals surface area contributed by atoms with Crippen molar-refractivity contribution >= 4 is 18.5 Å². The van der Waals surface area contributed by atoms with Gasteiger partial charge in [-0.3, -0.25) is 9.98 Å². The average molecular weight is 608 g/mol. The van der Waals surface area contributed by atoms with Crippen LogP contribution in [0.15, 0.2) is 52.2 Å². The highest BCUT2D eigenvalue weighted by Crippen LogP contribution is 2.28. The van der Waals surface area contributed by atoms with Crippen molar-refractivity contribution in [2.75, 3.05) is 51.4 Å². The zero-order chi connectivity index (χ0) is 31.4. The number of aliphatic hydroxyl groups excluding tert-OH is 1. The number of nitrogens with zero attached hydrogens (tertiary/aromatic N) is 5. The number of aliphatic hydroxyl groups is 1. The van der Waals surface area contributed by atoms with Crippen LogP contribution in [-0.4, -0.2) is 85.8 Å². The fraction of sp³-hybridized carbons (Fsp3) is 0.516. The van der Waals surface area contributed by atoms with Gasteiger partial charge in [0.1, 0.15) is 23.6 Å². The second kappa shape index (κ2) is 19.8. The standard InChI is InChI=1S/C27H36N8O3.C4H9NO/c1-19(14-31-18-29)38-25-12-20(8-9-21(25)13-28)22-15-33-27(34-16-22)35-24(26(30)37-11-5-10-36)17-32-23-6-3-2-4-7-23;1-3-6-4-2-5-1/h8-9,12,15-19,23,36H,2-7,10-11,14,30H2,1H3,(H2,29,31)(H,33,34,35);5H,1-4H2/b26-24-,32-17?;/t19-;/m0./s1. The number of aliphatic imine (C=N–C) groups is 2. The summed E-state index contributed by atoms with van der Waals surface area (Å²) in [6.07, 6.45) is 12.1. The molecule has 0 spiro atoms. The molecule has 0 unspecified atom stereocenters. The van der Waals surface area contributed by atoms with Crippen LogP contribution in [0.1, 0.15) is 51.0 Å². The van der Waals surface area contributed by atoms with Crippen molar-refractivity contribution in [3.05, 3.63) is 47.7 Å². The number of nitrogens with one attached hydrogen (secondary N) is 2. The molecular formula is C31H45N9O4. The molecule has 7 N–H and O–H groups in total. The van der Waals surface area contributed by atoms with E-state index >= 15 is 0 Å². The number of hydrogen-bond acceptors (Lipinski definition) is 12. The van der Waals surface area contributed by atoms with E-state index in [4.69, 9.17) is 35.8 Å². The van der Waals surface area contributed by atoms with Crippen molar-refractivity contribution in [3.63, 3.8) is 0 Å². The maximum absolute atomic E-state index is 9.47. The van der Waals surface area contributed by atoms with Crippen molar-refractivity contribution in [3.8, 4) is 22.9 Å². The van der Waals surface area contributed by atoms with Crippen molar-refractivity contribution in [1.82, 2.24) is 15.3 Å². The third-order valence-electron chi connectivity index (χ3n) is 6.79. The number of nitrogens with two attached hydrogens (primary N) is 2. The van der Waals surface area contributed by atoms with Gasteiger partial charge in [0.15, 0.2) is 0 Å². The Bertz CT molecular complexity index is 1240. The predicted octanol–water partition coefficient (Wildman–Crippen LogP) is 2.72. The smallest absolute Gasteiger partial charge is 0.227 e. The van der Waals surface area contributed by atoms with E-state index in [9.17, 15) is 5.26 Å². The Morgan fingerprint density at radius 2 is 1.98 bits per heavy atom. The molecule has 1 aromatic carbocycles. The Morgan fingerprint density at radius 1 is 1.23 bits per heavy atom. The molecule has 0 bridgehead atoms. The van der Waals surface area contributed by atoms with Crippen LogP contribution in [-0.2, 0) is 9.47 Å². The molecule has 2 fully saturated rings. The lowest BCUT2D eigenvalue weighted by atomic mass is 9.96. The van der Waals surface area contributed by atoms with Crippen molar-refractivity contribution in [1.29, 1.82) is 5.26 Å².